The molecule has 1 heterocycles. The van der Waals surface area contributed by atoms with Crippen molar-refractivity contribution in [2.75, 3.05) is 6.61 Å². The summed E-state index contributed by atoms with van der Waals surface area (Å²) in [4.78, 5) is 0. The SMILES string of the molecule is CC(C)(CO)NCc1ccc(CO)o1. The van der Waals surface area contributed by atoms with E-state index in [9.17, 15) is 0 Å². The van der Waals surface area contributed by atoms with Crippen molar-refractivity contribution >= 4 is 0 Å². The Morgan fingerprint density at radius 3 is 2.43 bits per heavy atom. The lowest BCUT2D eigenvalue weighted by Crippen LogP contribution is -2.41. The molecule has 1 rings (SSSR count). The molecule has 14 heavy (non-hydrogen) atoms. The molecular weight excluding hydrogens is 182 g/mol. The second-order valence-electron chi connectivity index (χ2n) is 3.92. The molecule has 1 aromatic rings. The fraction of sp³-hybridized carbons (Fsp3) is 0.600. The van der Waals surface area contributed by atoms with Crippen LogP contribution in [-0.2, 0) is 13.2 Å². The van der Waals surface area contributed by atoms with E-state index in [1.54, 1.807) is 6.07 Å². The molecule has 0 aliphatic carbocycles. The molecule has 4 nitrogen and oxygen atoms in total. The van der Waals surface area contributed by atoms with Gasteiger partial charge in [0.1, 0.15) is 18.1 Å². The first kappa shape index (κ1) is 11.2. The average molecular weight is 199 g/mol. The summed E-state index contributed by atoms with van der Waals surface area (Å²) in [5.41, 5.74) is -0.313. The Hall–Kier alpha value is -0.840. The summed E-state index contributed by atoms with van der Waals surface area (Å²) in [5, 5.41) is 20.9. The monoisotopic (exact) mass is 199 g/mol. The quantitative estimate of drug-likeness (QED) is 0.651. The molecule has 0 atom stereocenters. The van der Waals surface area contributed by atoms with Crippen LogP contribution in [0.4, 0.5) is 0 Å². The second-order valence-corrected chi connectivity index (χ2v) is 3.92. The molecule has 1 aromatic heterocycles. The summed E-state index contributed by atoms with van der Waals surface area (Å²) in [6.07, 6.45) is 0. The zero-order valence-electron chi connectivity index (χ0n) is 8.58. The largest absolute Gasteiger partial charge is 0.462 e. The Balaban J connectivity index is 2.45. The molecule has 3 N–H and O–H groups in total. The molecule has 4 heteroatoms. The third kappa shape index (κ3) is 3.14. The van der Waals surface area contributed by atoms with Gasteiger partial charge < -0.3 is 19.9 Å². The fourth-order valence-corrected chi connectivity index (χ4v) is 0.985. The van der Waals surface area contributed by atoms with E-state index in [-0.39, 0.29) is 18.8 Å². The lowest BCUT2D eigenvalue weighted by molar-refractivity contribution is 0.183. The first-order valence-electron chi connectivity index (χ1n) is 4.62. The van der Waals surface area contributed by atoms with Gasteiger partial charge >= 0.3 is 0 Å². The smallest absolute Gasteiger partial charge is 0.129 e. The summed E-state index contributed by atoms with van der Waals surface area (Å²) in [7, 11) is 0. The van der Waals surface area contributed by atoms with Gasteiger partial charge in [0.2, 0.25) is 0 Å². The minimum atomic E-state index is -0.313. The summed E-state index contributed by atoms with van der Waals surface area (Å²) in [6.45, 7) is 4.35. The highest BCUT2D eigenvalue weighted by atomic mass is 16.4. The molecule has 0 aliphatic rings. The number of hydrogen-bond donors (Lipinski definition) is 3. The number of hydrogen-bond acceptors (Lipinski definition) is 4. The standard InChI is InChI=1S/C10H17NO3/c1-10(2,7-13)11-5-8-3-4-9(6-12)14-8/h3-4,11-13H,5-7H2,1-2H3. The van der Waals surface area contributed by atoms with E-state index in [1.165, 1.54) is 0 Å². The molecular formula is C10H17NO3. The zero-order valence-corrected chi connectivity index (χ0v) is 8.58. The zero-order chi connectivity index (χ0) is 10.6. The van der Waals surface area contributed by atoms with Gasteiger partial charge in [0.15, 0.2) is 0 Å². The summed E-state index contributed by atoms with van der Waals surface area (Å²) in [6, 6.07) is 3.55. The minimum absolute atomic E-state index is 0.0700. The Kier molecular flexibility index (Phi) is 3.69. The lowest BCUT2D eigenvalue weighted by atomic mass is 10.1. The molecule has 0 fully saturated rings. The maximum absolute atomic E-state index is 8.99. The van der Waals surface area contributed by atoms with Crippen LogP contribution in [0.25, 0.3) is 0 Å². The maximum atomic E-state index is 8.99. The number of aliphatic hydroxyl groups excluding tert-OH is 2. The van der Waals surface area contributed by atoms with Crippen LogP contribution in [0.15, 0.2) is 16.5 Å². The molecule has 0 unspecified atom stereocenters. The molecule has 0 bridgehead atoms. The van der Waals surface area contributed by atoms with Crippen LogP contribution in [0.1, 0.15) is 25.4 Å². The number of nitrogens with one attached hydrogen (secondary N) is 1. The van der Waals surface area contributed by atoms with Crippen LogP contribution >= 0.6 is 0 Å². The molecule has 0 aliphatic heterocycles. The van der Waals surface area contributed by atoms with Crippen molar-refractivity contribution in [2.24, 2.45) is 0 Å². The summed E-state index contributed by atoms with van der Waals surface area (Å²) < 4.78 is 5.28. The predicted octanol–water partition coefficient (Wildman–Crippen LogP) is 0.632. The van der Waals surface area contributed by atoms with Crippen LogP contribution in [0.2, 0.25) is 0 Å². The van der Waals surface area contributed by atoms with Gasteiger partial charge in [-0.1, -0.05) is 0 Å². The maximum Gasteiger partial charge on any atom is 0.129 e. The van der Waals surface area contributed by atoms with E-state index in [1.807, 2.05) is 19.9 Å². The van der Waals surface area contributed by atoms with Gasteiger partial charge in [-0.3, -0.25) is 0 Å². The van der Waals surface area contributed by atoms with E-state index in [4.69, 9.17) is 14.6 Å². The molecule has 0 spiro atoms. The van der Waals surface area contributed by atoms with E-state index in [0.717, 1.165) is 5.76 Å². The third-order valence-corrected chi connectivity index (χ3v) is 2.01. The van der Waals surface area contributed by atoms with E-state index < -0.39 is 0 Å². The van der Waals surface area contributed by atoms with Gasteiger partial charge in [0, 0.05) is 5.54 Å². The molecule has 0 saturated carbocycles. The van der Waals surface area contributed by atoms with Crippen molar-refractivity contribution in [3.63, 3.8) is 0 Å². The normalized spacial score (nSPS) is 12.0. The predicted molar refractivity (Wildman–Crippen MR) is 52.6 cm³/mol. The Bertz CT molecular complexity index is 281. The first-order chi connectivity index (χ1) is 6.57. The van der Waals surface area contributed by atoms with Crippen LogP contribution < -0.4 is 5.32 Å². The Morgan fingerprint density at radius 1 is 1.29 bits per heavy atom. The van der Waals surface area contributed by atoms with Crippen LogP contribution in [0, 0.1) is 0 Å². The highest BCUT2D eigenvalue weighted by Crippen LogP contribution is 2.09. The molecule has 0 saturated heterocycles. The third-order valence-electron chi connectivity index (χ3n) is 2.01. The number of furan rings is 1. The molecule has 80 valence electrons. The summed E-state index contributed by atoms with van der Waals surface area (Å²) >= 11 is 0. The van der Waals surface area contributed by atoms with Crippen molar-refractivity contribution < 1.29 is 14.6 Å². The summed E-state index contributed by atoms with van der Waals surface area (Å²) in [5.74, 6) is 1.32. The topological polar surface area (TPSA) is 65.6 Å². The van der Waals surface area contributed by atoms with E-state index in [0.29, 0.717) is 12.3 Å². The lowest BCUT2D eigenvalue weighted by Gasteiger charge is -2.22. The van der Waals surface area contributed by atoms with Crippen molar-refractivity contribution in [1.82, 2.24) is 5.32 Å². The van der Waals surface area contributed by atoms with Gasteiger partial charge in [0.05, 0.1) is 13.2 Å². The van der Waals surface area contributed by atoms with Gasteiger partial charge in [-0.15, -0.1) is 0 Å². The minimum Gasteiger partial charge on any atom is -0.462 e. The van der Waals surface area contributed by atoms with Gasteiger partial charge in [0.25, 0.3) is 0 Å². The average Bonchev–Trinajstić information content (AvgIpc) is 2.63. The van der Waals surface area contributed by atoms with Gasteiger partial charge in [-0.25, -0.2) is 0 Å². The van der Waals surface area contributed by atoms with Crippen LogP contribution in [-0.4, -0.2) is 22.4 Å². The van der Waals surface area contributed by atoms with E-state index in [2.05, 4.69) is 5.32 Å². The van der Waals surface area contributed by atoms with E-state index >= 15 is 0 Å². The van der Waals surface area contributed by atoms with Crippen LogP contribution in [0.3, 0.4) is 0 Å². The van der Waals surface area contributed by atoms with Crippen molar-refractivity contribution in [1.29, 1.82) is 0 Å². The first-order valence-corrected chi connectivity index (χ1v) is 4.62. The Labute approximate surface area is 83.6 Å². The van der Waals surface area contributed by atoms with Gasteiger partial charge in [-0.05, 0) is 26.0 Å². The molecule has 0 radical (unpaired) electrons. The highest BCUT2D eigenvalue weighted by molar-refractivity contribution is 5.06. The fourth-order valence-electron chi connectivity index (χ4n) is 0.985. The van der Waals surface area contributed by atoms with Crippen molar-refractivity contribution in [3.05, 3.63) is 23.7 Å². The Morgan fingerprint density at radius 2 is 1.93 bits per heavy atom. The van der Waals surface area contributed by atoms with Crippen LogP contribution in [0.5, 0.6) is 0 Å². The van der Waals surface area contributed by atoms with Crippen molar-refractivity contribution in [3.8, 4) is 0 Å². The molecule has 0 aromatic carbocycles. The highest BCUT2D eigenvalue weighted by Gasteiger charge is 2.15. The van der Waals surface area contributed by atoms with Gasteiger partial charge in [-0.2, -0.15) is 0 Å². The number of aliphatic hydroxyl groups is 2. The molecule has 0 amide bonds. The number of rotatable bonds is 5. The second kappa shape index (κ2) is 4.59. The van der Waals surface area contributed by atoms with Crippen molar-refractivity contribution in [2.45, 2.75) is 32.5 Å².